The van der Waals surface area contributed by atoms with Crippen LogP contribution in [0.15, 0.2) is 85.4 Å². The fraction of sp³-hybridized carbons (Fsp3) is 0.556. The average molecular weight is 1270 g/mol. The second-order valence-corrected chi connectivity index (χ2v) is 33.3. The first-order valence-corrected chi connectivity index (χ1v) is 31.7. The molecule has 0 unspecified atom stereocenters. The lowest BCUT2D eigenvalue weighted by molar-refractivity contribution is 0.258. The van der Waals surface area contributed by atoms with Gasteiger partial charge < -0.3 is 38.1 Å². The molecule has 0 saturated carbocycles. The van der Waals surface area contributed by atoms with Crippen LogP contribution in [-0.2, 0) is 81.3 Å². The average Bonchev–Trinajstić information content (AvgIpc) is 1.15. The number of phenols is 4. The highest BCUT2D eigenvalue weighted by molar-refractivity contribution is 5.53. The number of benzene rings is 4. The van der Waals surface area contributed by atoms with Crippen LogP contribution in [0.4, 0.5) is 0 Å². The molecule has 0 aliphatic heterocycles. The molecule has 0 bridgehead atoms. The van der Waals surface area contributed by atoms with Gasteiger partial charge in [0.25, 0.3) is 0 Å². The predicted molar refractivity (Wildman–Crippen MR) is 354 cm³/mol. The SMILES string of the molecule is CC(C)(C)c1cc(Cn2nc(CCCC(c3nn(Cc4cc(C(C)(C)C)c(O)c(C(C)(C)C)c4)c(=O)o3)(c3nn(Cc4cc(C(C)(C)C)c(O)c(C(C)(C)C)c4)c(=O)o3)c3nn(Cc4cc(C(C)(C)C)c(O)c(C(C)(C)C)c4)c(=O)o3)oc2=O)cc(C(C)(C)C)c1O. The van der Waals surface area contributed by atoms with Crippen LogP contribution in [0.5, 0.6) is 23.0 Å². The highest BCUT2D eigenvalue weighted by atomic mass is 16.5. The van der Waals surface area contributed by atoms with E-state index in [-0.39, 0.29) is 74.3 Å². The molecule has 8 rings (SSSR count). The number of phenolic OH excluding ortho intramolecular Hbond substituents is 4. The smallest absolute Gasteiger partial charge is 0.437 e. The van der Waals surface area contributed by atoms with Gasteiger partial charge in [0.05, 0.1) is 26.2 Å². The van der Waals surface area contributed by atoms with Gasteiger partial charge in [-0.1, -0.05) is 166 Å². The second-order valence-electron chi connectivity index (χ2n) is 33.3. The molecule has 4 N–H and O–H groups in total. The molecule has 0 saturated heterocycles. The van der Waals surface area contributed by atoms with Gasteiger partial charge in [0, 0.05) is 6.42 Å². The Kier molecular flexibility index (Phi) is 18.0. The summed E-state index contributed by atoms with van der Waals surface area (Å²) in [6.45, 7) is 47.1. The van der Waals surface area contributed by atoms with Crippen molar-refractivity contribution in [2.45, 2.75) is 260 Å². The van der Waals surface area contributed by atoms with Crippen molar-refractivity contribution in [1.29, 1.82) is 0 Å². The van der Waals surface area contributed by atoms with E-state index in [9.17, 15) is 39.6 Å². The Morgan fingerprint density at radius 2 is 0.511 bits per heavy atom. The zero-order valence-electron chi connectivity index (χ0n) is 58.7. The summed E-state index contributed by atoms with van der Waals surface area (Å²) in [5.74, 6) is -4.21. The van der Waals surface area contributed by atoms with E-state index < -0.39 is 89.4 Å². The van der Waals surface area contributed by atoms with E-state index in [4.69, 9.17) is 33.0 Å². The van der Waals surface area contributed by atoms with Crippen LogP contribution in [0.2, 0.25) is 0 Å². The van der Waals surface area contributed by atoms with E-state index >= 15 is 0 Å². The van der Waals surface area contributed by atoms with E-state index in [0.29, 0.717) is 66.8 Å². The predicted octanol–water partition coefficient (Wildman–Crippen LogP) is 13.0. The van der Waals surface area contributed by atoms with Gasteiger partial charge in [0.1, 0.15) is 23.0 Å². The summed E-state index contributed by atoms with van der Waals surface area (Å²) in [6.07, 6.45) is -0.358. The number of aryl methyl sites for hydroxylation is 1. The highest BCUT2D eigenvalue weighted by Crippen LogP contribution is 2.46. The first-order valence-electron chi connectivity index (χ1n) is 31.7. The van der Waals surface area contributed by atoms with Crippen molar-refractivity contribution in [2.75, 3.05) is 0 Å². The van der Waals surface area contributed by atoms with Crippen LogP contribution in [0.25, 0.3) is 0 Å². The van der Waals surface area contributed by atoms with Crippen LogP contribution in [0, 0.1) is 0 Å². The van der Waals surface area contributed by atoms with Crippen molar-refractivity contribution in [1.82, 2.24) is 39.1 Å². The third-order valence-corrected chi connectivity index (χ3v) is 17.0. The summed E-state index contributed by atoms with van der Waals surface area (Å²) in [4.78, 5) is 58.0. The third kappa shape index (κ3) is 14.4. The lowest BCUT2D eigenvalue weighted by Crippen LogP contribution is -2.32. The standard InChI is InChI=1S/C72H98N8O12/c1-64(2,3)44-28-40(29-45(53(44)81)65(4,5)6)36-77-60(85)89-52(73-77)26-25-27-72(57-74-78(61(86)90-57)37-41-30-46(66(7,8)9)54(82)47(31-41)67(10,11)12,58-75-79(62(87)91-58)38-42-32-48(68(13,14)15)55(83)49(33-42)69(16,17)18)59-76-80(63(88)92-59)39-43-34-50(70(19,20)21)56(84)51(35-43)71(22,23)24/h28-35,81-84H,25-27,36-39H2,1-24H3. The number of aromatic hydroxyl groups is 4. The van der Waals surface area contributed by atoms with Gasteiger partial charge in [-0.2, -0.15) is 18.7 Å². The number of nitrogens with zero attached hydrogens (tertiary/aromatic N) is 8. The summed E-state index contributed by atoms with van der Waals surface area (Å²) in [5.41, 5.74) is 1.50. The van der Waals surface area contributed by atoms with Crippen LogP contribution in [-0.4, -0.2) is 59.5 Å². The number of aromatic nitrogens is 8. The van der Waals surface area contributed by atoms with Crippen LogP contribution in [0.3, 0.4) is 0 Å². The number of hydrogen-bond donors (Lipinski definition) is 4. The molecule has 0 aliphatic rings. The molecular weight excluding hydrogens is 1170 g/mol. The Hall–Kier alpha value is -8.16. The van der Waals surface area contributed by atoms with Crippen LogP contribution >= 0.6 is 0 Å². The monoisotopic (exact) mass is 1270 g/mol. The molecule has 0 atom stereocenters. The van der Waals surface area contributed by atoms with Crippen molar-refractivity contribution < 1.29 is 38.1 Å². The lowest BCUT2D eigenvalue weighted by Gasteiger charge is -2.28. The molecular formula is C72H98N8O12. The quantitative estimate of drug-likeness (QED) is 0.0742. The molecule has 20 heteroatoms. The first-order chi connectivity index (χ1) is 41.9. The Labute approximate surface area is 539 Å². The van der Waals surface area contributed by atoms with E-state index in [1.165, 1.54) is 4.68 Å². The molecule has 4 heterocycles. The highest BCUT2D eigenvalue weighted by Gasteiger charge is 2.52. The Balaban J connectivity index is 1.35. The van der Waals surface area contributed by atoms with Gasteiger partial charge in [-0.25, -0.2) is 19.2 Å². The minimum atomic E-state index is -2.23. The molecule has 92 heavy (non-hydrogen) atoms. The van der Waals surface area contributed by atoms with Crippen molar-refractivity contribution in [3.63, 3.8) is 0 Å². The molecule has 8 aromatic rings. The first kappa shape index (κ1) is 69.7. The van der Waals surface area contributed by atoms with Gasteiger partial charge >= 0.3 is 23.0 Å². The summed E-state index contributed by atoms with van der Waals surface area (Å²) in [5, 5.41) is 65.9. The molecule has 0 spiro atoms. The van der Waals surface area contributed by atoms with E-state index in [2.05, 4.69) is 5.10 Å². The second kappa shape index (κ2) is 23.8. The lowest BCUT2D eigenvalue weighted by atomic mass is 9.78. The minimum absolute atomic E-state index is 0.00700. The fourth-order valence-electron chi connectivity index (χ4n) is 11.8. The largest absolute Gasteiger partial charge is 0.507 e. The van der Waals surface area contributed by atoms with Crippen molar-refractivity contribution in [3.05, 3.63) is 181 Å². The van der Waals surface area contributed by atoms with Gasteiger partial charge in [-0.15, -0.1) is 20.4 Å². The molecule has 0 fully saturated rings. The molecule has 0 aliphatic carbocycles. The Morgan fingerprint density at radius 3 is 0.717 bits per heavy atom. The topological polar surface area (TPSA) is 273 Å². The summed E-state index contributed by atoms with van der Waals surface area (Å²) in [6, 6.07) is 14.7. The number of rotatable bonds is 15. The van der Waals surface area contributed by atoms with Crippen molar-refractivity contribution >= 4 is 0 Å². The maximum atomic E-state index is 14.7. The normalized spacial score (nSPS) is 13.4. The molecule has 0 amide bonds. The van der Waals surface area contributed by atoms with Gasteiger partial charge in [0.2, 0.25) is 29.0 Å². The maximum absolute atomic E-state index is 14.7. The van der Waals surface area contributed by atoms with Crippen molar-refractivity contribution in [3.8, 4) is 23.0 Å². The molecule has 20 nitrogen and oxygen atoms in total. The van der Waals surface area contributed by atoms with Gasteiger partial charge in [-0.3, -0.25) is 0 Å². The van der Waals surface area contributed by atoms with Crippen LogP contribution < -0.4 is 23.0 Å². The maximum Gasteiger partial charge on any atom is 0.437 e. The number of hydrogen-bond acceptors (Lipinski definition) is 16. The van der Waals surface area contributed by atoms with E-state index in [1.807, 2.05) is 215 Å². The molecule has 0 radical (unpaired) electrons. The zero-order valence-corrected chi connectivity index (χ0v) is 58.7. The van der Waals surface area contributed by atoms with Gasteiger partial charge in [-0.05, 0) is 171 Å². The van der Waals surface area contributed by atoms with Crippen molar-refractivity contribution in [2.24, 2.45) is 0 Å². The summed E-state index contributed by atoms with van der Waals surface area (Å²) < 4.78 is 29.2. The zero-order chi connectivity index (χ0) is 68.9. The van der Waals surface area contributed by atoms with Crippen LogP contribution in [0.1, 0.15) is 269 Å². The molecule has 4 aromatic carbocycles. The van der Waals surface area contributed by atoms with Gasteiger partial charge in [0.15, 0.2) is 0 Å². The summed E-state index contributed by atoms with van der Waals surface area (Å²) in [7, 11) is 0. The molecule has 498 valence electrons. The minimum Gasteiger partial charge on any atom is -0.507 e. The third-order valence-electron chi connectivity index (χ3n) is 17.0. The van der Waals surface area contributed by atoms with E-state index in [1.54, 1.807) is 0 Å². The van der Waals surface area contributed by atoms with E-state index in [0.717, 1.165) is 14.0 Å². The molecule has 4 aromatic heterocycles. The fourth-order valence-corrected chi connectivity index (χ4v) is 11.8. The summed E-state index contributed by atoms with van der Waals surface area (Å²) >= 11 is 0. The Bertz CT molecular complexity index is 3860. The Morgan fingerprint density at radius 1 is 0.315 bits per heavy atom.